The van der Waals surface area contributed by atoms with Crippen LogP contribution in [0.1, 0.15) is 29.5 Å². The predicted molar refractivity (Wildman–Crippen MR) is 93.2 cm³/mol. The molecule has 126 valence electrons. The maximum Gasteiger partial charge on any atom is 0.238 e. The summed E-state index contributed by atoms with van der Waals surface area (Å²) in [7, 11) is -3.78. The minimum absolute atomic E-state index is 0.0194. The summed E-state index contributed by atoms with van der Waals surface area (Å²) in [6.45, 7) is 0. The number of primary sulfonamides is 1. The van der Waals surface area contributed by atoms with Crippen molar-refractivity contribution in [1.82, 2.24) is 0 Å². The lowest BCUT2D eigenvalue weighted by atomic mass is 9.90. The van der Waals surface area contributed by atoms with Gasteiger partial charge in [0.1, 0.15) is 0 Å². The Morgan fingerprint density at radius 1 is 1.04 bits per heavy atom. The van der Waals surface area contributed by atoms with Crippen LogP contribution in [0.25, 0.3) is 0 Å². The number of hydrogen-bond donors (Lipinski definition) is 2. The third-order valence-corrected chi connectivity index (χ3v) is 5.13. The van der Waals surface area contributed by atoms with Gasteiger partial charge in [-0.25, -0.2) is 13.6 Å². The van der Waals surface area contributed by atoms with Gasteiger partial charge in [-0.05, 0) is 60.6 Å². The van der Waals surface area contributed by atoms with Crippen molar-refractivity contribution < 1.29 is 13.2 Å². The third kappa shape index (κ3) is 4.01. The molecule has 0 aliphatic heterocycles. The number of amides is 1. The summed E-state index contributed by atoms with van der Waals surface area (Å²) in [5.41, 5.74) is 4.11. The molecule has 24 heavy (non-hydrogen) atoms. The first kappa shape index (κ1) is 16.7. The quantitative estimate of drug-likeness (QED) is 0.892. The molecule has 0 saturated carbocycles. The third-order valence-electron chi connectivity index (χ3n) is 4.22. The average Bonchev–Trinajstić information content (AvgIpc) is 2.54. The van der Waals surface area contributed by atoms with Gasteiger partial charge in [-0.2, -0.15) is 0 Å². The zero-order valence-corrected chi connectivity index (χ0v) is 14.1. The van der Waals surface area contributed by atoms with E-state index in [1.165, 1.54) is 36.1 Å². The molecule has 2 aromatic rings. The monoisotopic (exact) mass is 344 g/mol. The van der Waals surface area contributed by atoms with E-state index in [9.17, 15) is 13.2 Å². The van der Waals surface area contributed by atoms with Gasteiger partial charge < -0.3 is 5.32 Å². The first-order valence-corrected chi connectivity index (χ1v) is 9.50. The van der Waals surface area contributed by atoms with Crippen molar-refractivity contribution in [2.75, 3.05) is 5.32 Å². The lowest BCUT2D eigenvalue weighted by molar-refractivity contribution is -0.115. The van der Waals surface area contributed by atoms with E-state index in [4.69, 9.17) is 5.14 Å². The molecule has 5 nitrogen and oxygen atoms in total. The van der Waals surface area contributed by atoms with Gasteiger partial charge in [0.2, 0.25) is 15.9 Å². The Bertz CT molecular complexity index is 876. The maximum absolute atomic E-state index is 12.2. The molecular formula is C18H20N2O3S. The zero-order valence-electron chi connectivity index (χ0n) is 13.3. The number of carbonyl (C=O) groups is 1. The number of aryl methyl sites for hydroxylation is 2. The number of rotatable bonds is 4. The number of benzene rings is 2. The van der Waals surface area contributed by atoms with Gasteiger partial charge in [0.25, 0.3) is 0 Å². The number of hydrogen-bond acceptors (Lipinski definition) is 3. The van der Waals surface area contributed by atoms with Crippen molar-refractivity contribution in [3.05, 3.63) is 59.2 Å². The number of anilines is 1. The van der Waals surface area contributed by atoms with Crippen LogP contribution in [0.4, 0.5) is 5.69 Å². The van der Waals surface area contributed by atoms with Crippen LogP contribution in [-0.4, -0.2) is 14.3 Å². The molecular weight excluding hydrogens is 324 g/mol. The van der Waals surface area contributed by atoms with Gasteiger partial charge in [0.05, 0.1) is 11.3 Å². The van der Waals surface area contributed by atoms with Gasteiger partial charge in [0, 0.05) is 5.69 Å². The van der Waals surface area contributed by atoms with Gasteiger partial charge in [-0.3, -0.25) is 4.79 Å². The highest BCUT2D eigenvalue weighted by Crippen LogP contribution is 2.22. The number of nitrogens with one attached hydrogen (secondary N) is 1. The van der Waals surface area contributed by atoms with E-state index >= 15 is 0 Å². The van der Waals surface area contributed by atoms with Gasteiger partial charge in [-0.15, -0.1) is 0 Å². The second-order valence-electron chi connectivity index (χ2n) is 6.11. The standard InChI is InChI=1S/C18H20N2O3S/c19-24(22,23)17-7-3-6-16(12-17)20-18(21)11-13-8-9-14-4-1-2-5-15(14)10-13/h3,6-10,12H,1-2,4-5,11H2,(H,20,21)(H2,19,22,23). The second kappa shape index (κ2) is 6.75. The Labute approximate surface area is 141 Å². The number of carbonyl (C=O) groups excluding carboxylic acids is 1. The van der Waals surface area contributed by atoms with Crippen LogP contribution in [0.15, 0.2) is 47.4 Å². The van der Waals surface area contributed by atoms with Gasteiger partial charge in [-0.1, -0.05) is 24.3 Å². The summed E-state index contributed by atoms with van der Waals surface area (Å²) in [6, 6.07) is 12.2. The van der Waals surface area contributed by atoms with Crippen molar-refractivity contribution in [3.63, 3.8) is 0 Å². The fourth-order valence-electron chi connectivity index (χ4n) is 3.04. The lowest BCUT2D eigenvalue weighted by Crippen LogP contribution is -2.16. The topological polar surface area (TPSA) is 89.3 Å². The first-order chi connectivity index (χ1) is 11.4. The molecule has 0 fully saturated rings. The van der Waals surface area contributed by atoms with E-state index < -0.39 is 10.0 Å². The van der Waals surface area contributed by atoms with Crippen LogP contribution in [0.2, 0.25) is 0 Å². The van der Waals surface area contributed by atoms with E-state index in [0.29, 0.717) is 5.69 Å². The molecule has 0 radical (unpaired) electrons. The number of sulfonamides is 1. The molecule has 0 heterocycles. The number of fused-ring (bicyclic) bond motifs is 1. The highest BCUT2D eigenvalue weighted by atomic mass is 32.2. The van der Waals surface area contributed by atoms with Crippen LogP contribution < -0.4 is 10.5 Å². The smallest absolute Gasteiger partial charge is 0.238 e. The van der Waals surface area contributed by atoms with E-state index in [2.05, 4.69) is 17.4 Å². The van der Waals surface area contributed by atoms with E-state index in [1.807, 2.05) is 6.07 Å². The Morgan fingerprint density at radius 2 is 1.79 bits per heavy atom. The van der Waals surface area contributed by atoms with Crippen LogP contribution in [0, 0.1) is 0 Å². The first-order valence-electron chi connectivity index (χ1n) is 7.95. The van der Waals surface area contributed by atoms with E-state index in [1.54, 1.807) is 12.1 Å². The minimum Gasteiger partial charge on any atom is -0.326 e. The highest BCUT2D eigenvalue weighted by Gasteiger charge is 2.12. The van der Waals surface area contributed by atoms with Crippen LogP contribution in [-0.2, 0) is 34.1 Å². The molecule has 3 rings (SSSR count). The van der Waals surface area contributed by atoms with Crippen molar-refractivity contribution in [2.45, 2.75) is 37.0 Å². The summed E-state index contributed by atoms with van der Waals surface area (Å²) >= 11 is 0. The summed E-state index contributed by atoms with van der Waals surface area (Å²) in [5, 5.41) is 7.83. The molecule has 6 heteroatoms. The largest absolute Gasteiger partial charge is 0.326 e. The van der Waals surface area contributed by atoms with Gasteiger partial charge >= 0.3 is 0 Å². The molecule has 3 N–H and O–H groups in total. The molecule has 1 amide bonds. The Balaban J connectivity index is 1.70. The average molecular weight is 344 g/mol. The van der Waals surface area contributed by atoms with Crippen LogP contribution >= 0.6 is 0 Å². The van der Waals surface area contributed by atoms with Gasteiger partial charge in [0.15, 0.2) is 0 Å². The summed E-state index contributed by atoms with van der Waals surface area (Å²) in [4.78, 5) is 12.2. The van der Waals surface area contributed by atoms with Crippen molar-refractivity contribution in [2.24, 2.45) is 5.14 Å². The Hall–Kier alpha value is -2.18. The van der Waals surface area contributed by atoms with Crippen molar-refractivity contribution in [1.29, 1.82) is 0 Å². The Morgan fingerprint density at radius 3 is 2.54 bits per heavy atom. The molecule has 0 atom stereocenters. The van der Waals surface area contributed by atoms with E-state index in [-0.39, 0.29) is 17.2 Å². The summed E-state index contributed by atoms with van der Waals surface area (Å²) < 4.78 is 22.7. The zero-order chi connectivity index (χ0) is 17.2. The maximum atomic E-state index is 12.2. The Kier molecular flexibility index (Phi) is 4.69. The molecule has 0 unspecified atom stereocenters. The van der Waals surface area contributed by atoms with Crippen molar-refractivity contribution in [3.8, 4) is 0 Å². The van der Waals surface area contributed by atoms with Crippen molar-refractivity contribution >= 4 is 21.6 Å². The molecule has 0 saturated heterocycles. The lowest BCUT2D eigenvalue weighted by Gasteiger charge is -2.16. The molecule has 0 aromatic heterocycles. The second-order valence-corrected chi connectivity index (χ2v) is 7.67. The molecule has 2 aromatic carbocycles. The van der Waals surface area contributed by atoms with Crippen LogP contribution in [0.3, 0.4) is 0 Å². The normalized spacial score (nSPS) is 14.0. The summed E-state index contributed by atoms with van der Waals surface area (Å²) in [5.74, 6) is -0.183. The SMILES string of the molecule is NS(=O)(=O)c1cccc(NC(=O)Cc2ccc3c(c2)CCCC3)c1. The fourth-order valence-corrected chi connectivity index (χ4v) is 3.60. The minimum atomic E-state index is -3.78. The highest BCUT2D eigenvalue weighted by molar-refractivity contribution is 7.89. The number of nitrogens with two attached hydrogens (primary N) is 1. The molecule has 1 aliphatic carbocycles. The molecule has 1 aliphatic rings. The fraction of sp³-hybridized carbons (Fsp3) is 0.278. The predicted octanol–water partition coefficient (Wildman–Crippen LogP) is 2.39. The van der Waals surface area contributed by atoms with Crippen LogP contribution in [0.5, 0.6) is 0 Å². The molecule has 0 spiro atoms. The summed E-state index contributed by atoms with van der Waals surface area (Å²) in [6.07, 6.45) is 4.87. The molecule has 0 bridgehead atoms. The van der Waals surface area contributed by atoms with E-state index in [0.717, 1.165) is 18.4 Å².